The molecular formula is C11H21NO3S. The second kappa shape index (κ2) is 5.02. The third-order valence-electron chi connectivity index (χ3n) is 3.94. The fourth-order valence-corrected chi connectivity index (χ4v) is 4.43. The van der Waals surface area contributed by atoms with Crippen molar-refractivity contribution < 1.29 is 13.5 Å². The zero-order valence-corrected chi connectivity index (χ0v) is 10.4. The van der Waals surface area contributed by atoms with Crippen molar-refractivity contribution in [3.63, 3.8) is 0 Å². The topological polar surface area (TPSA) is 66.4 Å². The molecule has 5 heteroatoms. The average molecular weight is 247 g/mol. The number of nitrogens with one attached hydrogen (secondary N) is 1. The van der Waals surface area contributed by atoms with E-state index in [1.807, 2.05) is 0 Å². The molecule has 0 amide bonds. The Labute approximate surface area is 97.3 Å². The van der Waals surface area contributed by atoms with Crippen molar-refractivity contribution >= 4 is 9.84 Å². The lowest BCUT2D eigenvalue weighted by Gasteiger charge is -2.30. The molecule has 2 atom stereocenters. The predicted octanol–water partition coefficient (Wildman–Crippen LogP) is 0.172. The number of aliphatic hydroxyl groups is 1. The minimum Gasteiger partial charge on any atom is -0.396 e. The highest BCUT2D eigenvalue weighted by molar-refractivity contribution is 7.91. The maximum atomic E-state index is 11.4. The van der Waals surface area contributed by atoms with Gasteiger partial charge in [-0.25, -0.2) is 8.42 Å². The SMILES string of the molecule is O=S1(=O)CCC(C(CO)CNC2CCC2)C1. The van der Waals surface area contributed by atoms with Gasteiger partial charge in [0.2, 0.25) is 0 Å². The smallest absolute Gasteiger partial charge is 0.150 e. The Morgan fingerprint density at radius 3 is 2.50 bits per heavy atom. The molecule has 2 N–H and O–H groups in total. The normalized spacial score (nSPS) is 31.2. The Balaban J connectivity index is 1.80. The summed E-state index contributed by atoms with van der Waals surface area (Å²) in [6.07, 6.45) is 4.46. The molecule has 0 aromatic carbocycles. The Morgan fingerprint density at radius 1 is 1.31 bits per heavy atom. The summed E-state index contributed by atoms with van der Waals surface area (Å²) in [5.41, 5.74) is 0. The van der Waals surface area contributed by atoms with Gasteiger partial charge in [-0.05, 0) is 31.1 Å². The second-order valence-corrected chi connectivity index (χ2v) is 7.37. The molecule has 4 nitrogen and oxygen atoms in total. The number of hydrogen-bond acceptors (Lipinski definition) is 4. The molecule has 0 bridgehead atoms. The van der Waals surface area contributed by atoms with E-state index in [4.69, 9.17) is 0 Å². The molecule has 2 rings (SSSR count). The quantitative estimate of drug-likeness (QED) is 0.727. The van der Waals surface area contributed by atoms with Gasteiger partial charge >= 0.3 is 0 Å². The van der Waals surface area contributed by atoms with Crippen molar-refractivity contribution in [3.8, 4) is 0 Å². The van der Waals surface area contributed by atoms with Crippen LogP contribution in [0, 0.1) is 11.8 Å². The van der Waals surface area contributed by atoms with Crippen LogP contribution in [0.15, 0.2) is 0 Å². The van der Waals surface area contributed by atoms with E-state index >= 15 is 0 Å². The van der Waals surface area contributed by atoms with Gasteiger partial charge in [0.15, 0.2) is 9.84 Å². The number of hydrogen-bond donors (Lipinski definition) is 2. The van der Waals surface area contributed by atoms with Crippen molar-refractivity contribution in [3.05, 3.63) is 0 Å². The summed E-state index contributed by atoms with van der Waals surface area (Å²) in [7, 11) is -2.82. The molecule has 0 aromatic rings. The Hall–Kier alpha value is -0.130. The van der Waals surface area contributed by atoms with Crippen LogP contribution in [0.5, 0.6) is 0 Å². The molecule has 1 saturated heterocycles. The highest BCUT2D eigenvalue weighted by Crippen LogP contribution is 2.26. The standard InChI is InChI=1S/C11H21NO3S/c13-7-10(6-12-11-2-1-3-11)9-4-5-16(14,15)8-9/h9-13H,1-8H2. The molecule has 1 heterocycles. The van der Waals surface area contributed by atoms with Crippen LogP contribution in [-0.2, 0) is 9.84 Å². The van der Waals surface area contributed by atoms with Crippen LogP contribution in [0.1, 0.15) is 25.7 Å². The van der Waals surface area contributed by atoms with Gasteiger partial charge in [-0.2, -0.15) is 0 Å². The van der Waals surface area contributed by atoms with Gasteiger partial charge in [0.05, 0.1) is 11.5 Å². The van der Waals surface area contributed by atoms with E-state index in [0.717, 1.165) is 13.0 Å². The number of sulfone groups is 1. The zero-order valence-electron chi connectivity index (χ0n) is 9.56. The monoisotopic (exact) mass is 247 g/mol. The summed E-state index contributed by atoms with van der Waals surface area (Å²) in [6.45, 7) is 0.862. The molecule has 0 aromatic heterocycles. The fourth-order valence-electron chi connectivity index (χ4n) is 2.51. The highest BCUT2D eigenvalue weighted by Gasteiger charge is 2.33. The van der Waals surface area contributed by atoms with E-state index in [-0.39, 0.29) is 24.2 Å². The predicted molar refractivity (Wildman–Crippen MR) is 63.0 cm³/mol. The Morgan fingerprint density at radius 2 is 2.06 bits per heavy atom. The average Bonchev–Trinajstić information content (AvgIpc) is 2.50. The first kappa shape index (κ1) is 12.3. The third kappa shape index (κ3) is 2.96. The number of aliphatic hydroxyl groups excluding tert-OH is 1. The maximum Gasteiger partial charge on any atom is 0.150 e. The van der Waals surface area contributed by atoms with Crippen LogP contribution in [0.3, 0.4) is 0 Å². The lowest BCUT2D eigenvalue weighted by Crippen LogP contribution is -2.41. The minimum atomic E-state index is -2.82. The van der Waals surface area contributed by atoms with E-state index < -0.39 is 9.84 Å². The summed E-state index contributed by atoms with van der Waals surface area (Å²) in [6, 6.07) is 0.604. The molecule has 1 aliphatic carbocycles. The van der Waals surface area contributed by atoms with E-state index in [9.17, 15) is 13.5 Å². The van der Waals surface area contributed by atoms with E-state index in [2.05, 4.69) is 5.32 Å². The second-order valence-electron chi connectivity index (χ2n) is 5.14. The largest absolute Gasteiger partial charge is 0.396 e. The van der Waals surface area contributed by atoms with E-state index in [1.54, 1.807) is 0 Å². The van der Waals surface area contributed by atoms with Gasteiger partial charge in [0.1, 0.15) is 0 Å². The highest BCUT2D eigenvalue weighted by atomic mass is 32.2. The summed E-state index contributed by atoms with van der Waals surface area (Å²) >= 11 is 0. The molecular weight excluding hydrogens is 226 g/mol. The molecule has 2 unspecified atom stereocenters. The third-order valence-corrected chi connectivity index (χ3v) is 5.74. The van der Waals surface area contributed by atoms with E-state index in [0.29, 0.717) is 11.8 Å². The Kier molecular flexibility index (Phi) is 3.87. The van der Waals surface area contributed by atoms with Gasteiger partial charge < -0.3 is 10.4 Å². The van der Waals surface area contributed by atoms with Gasteiger partial charge in [0.25, 0.3) is 0 Å². The molecule has 0 radical (unpaired) electrons. The summed E-state index contributed by atoms with van der Waals surface area (Å²) in [4.78, 5) is 0. The van der Waals surface area contributed by atoms with Crippen molar-refractivity contribution in [2.24, 2.45) is 11.8 Å². The van der Waals surface area contributed by atoms with Crippen molar-refractivity contribution in [2.75, 3.05) is 24.7 Å². The number of rotatable bonds is 5. The van der Waals surface area contributed by atoms with Gasteiger partial charge in [-0.15, -0.1) is 0 Å². The van der Waals surface area contributed by atoms with Crippen LogP contribution in [0.2, 0.25) is 0 Å². The molecule has 1 saturated carbocycles. The molecule has 2 fully saturated rings. The lowest BCUT2D eigenvalue weighted by molar-refractivity contribution is 0.171. The van der Waals surface area contributed by atoms with Crippen LogP contribution in [0.4, 0.5) is 0 Å². The molecule has 0 spiro atoms. The van der Waals surface area contributed by atoms with Crippen LogP contribution in [-0.4, -0.2) is 44.2 Å². The summed E-state index contributed by atoms with van der Waals surface area (Å²) in [5, 5.41) is 12.7. The molecule has 94 valence electrons. The van der Waals surface area contributed by atoms with Gasteiger partial charge in [-0.1, -0.05) is 6.42 Å². The summed E-state index contributed by atoms with van der Waals surface area (Å²) in [5.74, 6) is 0.836. The summed E-state index contributed by atoms with van der Waals surface area (Å²) < 4.78 is 22.7. The van der Waals surface area contributed by atoms with Crippen molar-refractivity contribution in [2.45, 2.75) is 31.7 Å². The molecule has 1 aliphatic heterocycles. The van der Waals surface area contributed by atoms with Crippen LogP contribution in [0.25, 0.3) is 0 Å². The molecule has 16 heavy (non-hydrogen) atoms. The van der Waals surface area contributed by atoms with Crippen LogP contribution >= 0.6 is 0 Å². The van der Waals surface area contributed by atoms with E-state index in [1.165, 1.54) is 19.3 Å². The van der Waals surface area contributed by atoms with Gasteiger partial charge in [0, 0.05) is 19.2 Å². The van der Waals surface area contributed by atoms with Crippen molar-refractivity contribution in [1.29, 1.82) is 0 Å². The first-order valence-corrected chi connectivity index (χ1v) is 7.97. The first-order chi connectivity index (χ1) is 7.61. The minimum absolute atomic E-state index is 0.0971. The Bertz CT molecular complexity index is 324. The zero-order chi connectivity index (χ0) is 11.6. The lowest BCUT2D eigenvalue weighted by atomic mass is 9.89. The molecule has 2 aliphatic rings. The fraction of sp³-hybridized carbons (Fsp3) is 1.00. The first-order valence-electron chi connectivity index (χ1n) is 6.15. The van der Waals surface area contributed by atoms with Crippen LogP contribution < -0.4 is 5.32 Å². The van der Waals surface area contributed by atoms with Crippen molar-refractivity contribution in [1.82, 2.24) is 5.32 Å². The maximum absolute atomic E-state index is 11.4. The van der Waals surface area contributed by atoms with Gasteiger partial charge in [-0.3, -0.25) is 0 Å².